The molecule has 2 rings (SSSR count). The second kappa shape index (κ2) is 5.49. The molecule has 2 heterocycles. The molecule has 0 saturated carbocycles. The third kappa shape index (κ3) is 2.97. The zero-order chi connectivity index (χ0) is 13.0. The summed E-state index contributed by atoms with van der Waals surface area (Å²) in [5, 5.41) is 8.58. The average molecular weight is 262 g/mol. The maximum atomic E-state index is 11.5. The molecule has 0 aliphatic rings. The summed E-state index contributed by atoms with van der Waals surface area (Å²) in [7, 11) is 0. The summed E-state index contributed by atoms with van der Waals surface area (Å²) in [6.45, 7) is 0.216. The van der Waals surface area contributed by atoms with Gasteiger partial charge in [0.2, 0.25) is 0 Å². The van der Waals surface area contributed by atoms with E-state index in [0.717, 1.165) is 9.75 Å². The smallest absolute Gasteiger partial charge is 0.328 e. The molecular formula is C12H10N2O3S. The Morgan fingerprint density at radius 1 is 1.33 bits per heavy atom. The molecule has 0 unspecified atom stereocenters. The summed E-state index contributed by atoms with van der Waals surface area (Å²) >= 11 is 1.44. The van der Waals surface area contributed by atoms with Crippen LogP contribution in [0.15, 0.2) is 34.0 Å². The summed E-state index contributed by atoms with van der Waals surface area (Å²) in [5.74, 6) is 5.36. The molecule has 0 amide bonds. The normalized spacial score (nSPS) is 9.83. The minimum absolute atomic E-state index is 0.174. The van der Waals surface area contributed by atoms with E-state index < -0.39 is 11.2 Å². The molecule has 0 aromatic carbocycles. The number of hydrogen-bond donors (Lipinski definition) is 2. The van der Waals surface area contributed by atoms with E-state index in [1.54, 1.807) is 0 Å². The fraction of sp³-hybridized carbons (Fsp3) is 0.167. The molecule has 5 nitrogen and oxygen atoms in total. The van der Waals surface area contributed by atoms with E-state index >= 15 is 0 Å². The van der Waals surface area contributed by atoms with Crippen molar-refractivity contribution < 1.29 is 5.11 Å². The second-order valence-corrected chi connectivity index (χ2v) is 4.63. The van der Waals surface area contributed by atoms with Crippen molar-refractivity contribution in [3.05, 3.63) is 55.0 Å². The van der Waals surface area contributed by atoms with Gasteiger partial charge in [-0.05, 0) is 12.1 Å². The number of hydrogen-bond acceptors (Lipinski definition) is 4. The van der Waals surface area contributed by atoms with Gasteiger partial charge in [0, 0.05) is 17.1 Å². The lowest BCUT2D eigenvalue weighted by molar-refractivity contribution is 0.350. The number of nitrogens with zero attached hydrogens (tertiary/aromatic N) is 1. The molecule has 0 fully saturated rings. The Bertz CT molecular complexity index is 715. The predicted octanol–water partition coefficient (Wildman–Crippen LogP) is -0.00980. The molecule has 2 aromatic heterocycles. The molecular weight excluding hydrogens is 252 g/mol. The van der Waals surface area contributed by atoms with Crippen molar-refractivity contribution in [1.29, 1.82) is 0 Å². The average Bonchev–Trinajstić information content (AvgIpc) is 2.78. The third-order valence-corrected chi connectivity index (χ3v) is 3.16. The van der Waals surface area contributed by atoms with E-state index in [0.29, 0.717) is 6.54 Å². The Balaban J connectivity index is 2.21. The first-order valence-corrected chi connectivity index (χ1v) is 5.99. The van der Waals surface area contributed by atoms with Gasteiger partial charge in [0.15, 0.2) is 0 Å². The third-order valence-electron chi connectivity index (χ3n) is 2.18. The summed E-state index contributed by atoms with van der Waals surface area (Å²) in [5.41, 5.74) is -0.837. The first-order chi connectivity index (χ1) is 8.69. The van der Waals surface area contributed by atoms with Crippen molar-refractivity contribution in [3.8, 4) is 11.8 Å². The van der Waals surface area contributed by atoms with Crippen molar-refractivity contribution >= 4 is 11.3 Å². The number of aromatic nitrogens is 2. The van der Waals surface area contributed by atoms with Crippen LogP contribution in [0.5, 0.6) is 0 Å². The van der Waals surface area contributed by atoms with Crippen LogP contribution in [0.4, 0.5) is 0 Å². The van der Waals surface area contributed by atoms with E-state index in [9.17, 15) is 9.59 Å². The summed E-state index contributed by atoms with van der Waals surface area (Å²) in [6.07, 6.45) is 1.46. The molecule has 0 bridgehead atoms. The van der Waals surface area contributed by atoms with Crippen LogP contribution in [0.25, 0.3) is 0 Å². The maximum Gasteiger partial charge on any atom is 0.328 e. The lowest BCUT2D eigenvalue weighted by atomic mass is 10.4. The number of H-pyrrole nitrogens is 1. The van der Waals surface area contributed by atoms with Gasteiger partial charge in [-0.3, -0.25) is 14.3 Å². The number of aromatic amines is 1. The molecule has 0 aliphatic carbocycles. The maximum absolute atomic E-state index is 11.5. The monoisotopic (exact) mass is 262 g/mol. The van der Waals surface area contributed by atoms with E-state index in [1.165, 1.54) is 28.2 Å². The first-order valence-electron chi connectivity index (χ1n) is 5.17. The lowest BCUT2D eigenvalue weighted by Crippen LogP contribution is -2.28. The Hall–Kier alpha value is -2.10. The van der Waals surface area contributed by atoms with Crippen LogP contribution < -0.4 is 11.2 Å². The number of aliphatic hydroxyl groups excluding tert-OH is 1. The van der Waals surface area contributed by atoms with Gasteiger partial charge in [-0.25, -0.2) is 4.79 Å². The highest BCUT2D eigenvalue weighted by molar-refractivity contribution is 7.12. The SMILES string of the molecule is O=c1ccn(Cc2ccc(C#CCO)s2)c(=O)[nH]1. The number of aliphatic hydroxyl groups is 1. The van der Waals surface area contributed by atoms with Crippen LogP contribution in [0.1, 0.15) is 9.75 Å². The zero-order valence-electron chi connectivity index (χ0n) is 9.34. The van der Waals surface area contributed by atoms with Crippen molar-refractivity contribution in [1.82, 2.24) is 9.55 Å². The topological polar surface area (TPSA) is 75.1 Å². The van der Waals surface area contributed by atoms with Gasteiger partial charge in [0.05, 0.1) is 11.4 Å². The zero-order valence-corrected chi connectivity index (χ0v) is 10.2. The van der Waals surface area contributed by atoms with E-state index in [-0.39, 0.29) is 6.61 Å². The number of thiophene rings is 1. The summed E-state index contributed by atoms with van der Waals surface area (Å²) < 4.78 is 1.41. The van der Waals surface area contributed by atoms with Crippen LogP contribution in [-0.4, -0.2) is 21.3 Å². The summed E-state index contributed by atoms with van der Waals surface area (Å²) in [6, 6.07) is 5.00. The second-order valence-electron chi connectivity index (χ2n) is 3.46. The molecule has 0 spiro atoms. The van der Waals surface area contributed by atoms with E-state index in [1.807, 2.05) is 12.1 Å². The fourth-order valence-corrected chi connectivity index (χ4v) is 2.27. The van der Waals surface area contributed by atoms with Crippen molar-refractivity contribution in [2.24, 2.45) is 0 Å². The van der Waals surface area contributed by atoms with E-state index in [4.69, 9.17) is 5.11 Å². The minimum Gasteiger partial charge on any atom is -0.384 e. The van der Waals surface area contributed by atoms with Crippen LogP contribution in [0.3, 0.4) is 0 Å². The highest BCUT2D eigenvalue weighted by atomic mass is 32.1. The molecule has 2 aromatic rings. The van der Waals surface area contributed by atoms with Crippen LogP contribution in [-0.2, 0) is 6.54 Å². The molecule has 92 valence electrons. The van der Waals surface area contributed by atoms with Gasteiger partial charge < -0.3 is 5.11 Å². The van der Waals surface area contributed by atoms with Crippen LogP contribution in [0.2, 0.25) is 0 Å². The van der Waals surface area contributed by atoms with Gasteiger partial charge in [0.1, 0.15) is 6.61 Å². The lowest BCUT2D eigenvalue weighted by Gasteiger charge is -2.00. The highest BCUT2D eigenvalue weighted by Gasteiger charge is 2.01. The molecule has 0 aliphatic heterocycles. The van der Waals surface area contributed by atoms with Crippen molar-refractivity contribution in [2.45, 2.75) is 6.54 Å². The Morgan fingerprint density at radius 3 is 2.89 bits per heavy atom. The van der Waals surface area contributed by atoms with Crippen LogP contribution in [0, 0.1) is 11.8 Å². The molecule has 0 saturated heterocycles. The van der Waals surface area contributed by atoms with Gasteiger partial charge in [0.25, 0.3) is 5.56 Å². The standard InChI is InChI=1S/C12H10N2O3S/c15-7-1-2-9-3-4-10(18-9)8-14-6-5-11(16)13-12(14)17/h3-6,15H,7-8H2,(H,13,16,17). The molecule has 2 N–H and O–H groups in total. The number of rotatable bonds is 2. The Kier molecular flexibility index (Phi) is 3.77. The quantitative estimate of drug-likeness (QED) is 0.747. The van der Waals surface area contributed by atoms with Gasteiger partial charge in [-0.15, -0.1) is 11.3 Å². The number of nitrogens with one attached hydrogen (secondary N) is 1. The van der Waals surface area contributed by atoms with E-state index in [2.05, 4.69) is 16.8 Å². The van der Waals surface area contributed by atoms with Crippen molar-refractivity contribution in [2.75, 3.05) is 6.61 Å². The minimum atomic E-state index is -0.432. The highest BCUT2D eigenvalue weighted by Crippen LogP contribution is 2.15. The largest absolute Gasteiger partial charge is 0.384 e. The van der Waals surface area contributed by atoms with Crippen molar-refractivity contribution in [3.63, 3.8) is 0 Å². The van der Waals surface area contributed by atoms with Gasteiger partial charge in [-0.1, -0.05) is 11.8 Å². The fourth-order valence-electron chi connectivity index (χ4n) is 1.39. The Morgan fingerprint density at radius 2 is 2.17 bits per heavy atom. The molecule has 0 atom stereocenters. The summed E-state index contributed by atoms with van der Waals surface area (Å²) in [4.78, 5) is 26.4. The Labute approximate surface area is 106 Å². The molecule has 18 heavy (non-hydrogen) atoms. The molecule has 6 heteroatoms. The predicted molar refractivity (Wildman–Crippen MR) is 68.7 cm³/mol. The first kappa shape index (κ1) is 12.4. The van der Waals surface area contributed by atoms with Crippen LogP contribution >= 0.6 is 11.3 Å². The van der Waals surface area contributed by atoms with Gasteiger partial charge >= 0.3 is 5.69 Å². The molecule has 0 radical (unpaired) electrons. The van der Waals surface area contributed by atoms with Gasteiger partial charge in [-0.2, -0.15) is 0 Å².